The van der Waals surface area contributed by atoms with Gasteiger partial charge in [0.2, 0.25) is 0 Å². The molecular weight excluding hydrogens is 442 g/mol. The SMILES string of the molecule is Cc1cccc(CN2CCC(c3nnc(SCCc4ccccc4)n3CC3CCCO3)CC2)n1. The van der Waals surface area contributed by atoms with Gasteiger partial charge in [0, 0.05) is 30.5 Å². The predicted octanol–water partition coefficient (Wildman–Crippen LogP) is 4.87. The Kier molecular flexibility index (Phi) is 7.94. The number of piperidine rings is 1. The van der Waals surface area contributed by atoms with Crippen LogP contribution in [0, 0.1) is 6.92 Å². The molecule has 34 heavy (non-hydrogen) atoms. The van der Waals surface area contributed by atoms with Gasteiger partial charge >= 0.3 is 0 Å². The van der Waals surface area contributed by atoms with Gasteiger partial charge in [-0.3, -0.25) is 9.88 Å². The molecule has 2 saturated heterocycles. The lowest BCUT2D eigenvalue weighted by atomic mass is 9.95. The molecule has 3 aromatic rings. The molecule has 2 aliphatic heterocycles. The highest BCUT2D eigenvalue weighted by Gasteiger charge is 2.28. The summed E-state index contributed by atoms with van der Waals surface area (Å²) in [5, 5.41) is 10.4. The number of benzene rings is 1. The van der Waals surface area contributed by atoms with Crippen molar-refractivity contribution < 1.29 is 4.74 Å². The van der Waals surface area contributed by atoms with Crippen molar-refractivity contribution in [2.75, 3.05) is 25.4 Å². The Hall–Kier alpha value is -2.22. The van der Waals surface area contributed by atoms with Crippen LogP contribution >= 0.6 is 11.8 Å². The maximum atomic E-state index is 5.99. The molecule has 0 N–H and O–H groups in total. The van der Waals surface area contributed by atoms with Gasteiger partial charge in [-0.25, -0.2) is 0 Å². The second-order valence-electron chi connectivity index (χ2n) is 9.49. The van der Waals surface area contributed by atoms with Crippen LogP contribution in [-0.2, 0) is 24.2 Å². The summed E-state index contributed by atoms with van der Waals surface area (Å²) >= 11 is 1.83. The first-order valence-corrected chi connectivity index (χ1v) is 13.6. The van der Waals surface area contributed by atoms with Crippen LogP contribution in [0.2, 0.25) is 0 Å². The van der Waals surface area contributed by atoms with Crippen molar-refractivity contribution in [3.63, 3.8) is 0 Å². The van der Waals surface area contributed by atoms with Gasteiger partial charge in [0.25, 0.3) is 0 Å². The second kappa shape index (κ2) is 11.5. The molecule has 1 unspecified atom stereocenters. The van der Waals surface area contributed by atoms with Crippen molar-refractivity contribution in [1.82, 2.24) is 24.6 Å². The summed E-state index contributed by atoms with van der Waals surface area (Å²) in [4.78, 5) is 7.21. The highest BCUT2D eigenvalue weighted by molar-refractivity contribution is 7.99. The zero-order chi connectivity index (χ0) is 23.2. The Balaban J connectivity index is 1.23. The number of aryl methyl sites for hydroxylation is 2. The molecule has 0 bridgehead atoms. The minimum atomic E-state index is 0.288. The first-order chi connectivity index (χ1) is 16.7. The van der Waals surface area contributed by atoms with Crippen LogP contribution in [-0.4, -0.2) is 56.2 Å². The molecule has 7 heteroatoms. The summed E-state index contributed by atoms with van der Waals surface area (Å²) in [5.41, 5.74) is 3.62. The molecule has 4 heterocycles. The van der Waals surface area contributed by atoms with E-state index >= 15 is 0 Å². The molecule has 2 fully saturated rings. The van der Waals surface area contributed by atoms with E-state index in [0.29, 0.717) is 5.92 Å². The highest BCUT2D eigenvalue weighted by atomic mass is 32.2. The third-order valence-electron chi connectivity index (χ3n) is 6.90. The fourth-order valence-corrected chi connectivity index (χ4v) is 5.99. The zero-order valence-corrected chi connectivity index (χ0v) is 20.9. The molecule has 0 amide bonds. The lowest BCUT2D eigenvalue weighted by Gasteiger charge is -2.31. The van der Waals surface area contributed by atoms with E-state index in [2.05, 4.69) is 75.0 Å². The van der Waals surface area contributed by atoms with Gasteiger partial charge in [-0.15, -0.1) is 10.2 Å². The number of hydrogen-bond acceptors (Lipinski definition) is 6. The van der Waals surface area contributed by atoms with Crippen molar-refractivity contribution in [2.45, 2.75) is 69.3 Å². The van der Waals surface area contributed by atoms with E-state index in [0.717, 1.165) is 93.0 Å². The number of ether oxygens (including phenoxy) is 1. The molecular formula is C27H35N5OS. The van der Waals surface area contributed by atoms with E-state index in [1.165, 1.54) is 5.56 Å². The van der Waals surface area contributed by atoms with Gasteiger partial charge in [-0.2, -0.15) is 0 Å². The minimum absolute atomic E-state index is 0.288. The molecule has 0 aliphatic carbocycles. The van der Waals surface area contributed by atoms with E-state index in [4.69, 9.17) is 9.84 Å². The van der Waals surface area contributed by atoms with Gasteiger partial charge < -0.3 is 9.30 Å². The first kappa shape index (κ1) is 23.5. The molecule has 5 rings (SSSR count). The summed E-state index contributed by atoms with van der Waals surface area (Å²) in [6.07, 6.45) is 5.85. The van der Waals surface area contributed by atoms with Crippen molar-refractivity contribution in [1.29, 1.82) is 0 Å². The molecule has 2 aromatic heterocycles. The van der Waals surface area contributed by atoms with E-state index in [-0.39, 0.29) is 6.10 Å². The molecule has 0 spiro atoms. The summed E-state index contributed by atoms with van der Waals surface area (Å²) in [6, 6.07) is 17.0. The summed E-state index contributed by atoms with van der Waals surface area (Å²) < 4.78 is 8.37. The van der Waals surface area contributed by atoms with Gasteiger partial charge in [-0.1, -0.05) is 48.2 Å². The Labute approximate surface area is 207 Å². The highest BCUT2D eigenvalue weighted by Crippen LogP contribution is 2.31. The molecule has 180 valence electrons. The van der Waals surface area contributed by atoms with Crippen LogP contribution in [0.15, 0.2) is 53.7 Å². The Morgan fingerprint density at radius 2 is 1.85 bits per heavy atom. The maximum Gasteiger partial charge on any atom is 0.191 e. The number of thioether (sulfide) groups is 1. The number of pyridine rings is 1. The van der Waals surface area contributed by atoms with E-state index in [1.807, 2.05) is 11.8 Å². The quantitative estimate of drug-likeness (QED) is 0.410. The predicted molar refractivity (Wildman–Crippen MR) is 136 cm³/mol. The fourth-order valence-electron chi connectivity index (χ4n) is 5.04. The average molecular weight is 478 g/mol. The molecule has 0 saturated carbocycles. The lowest BCUT2D eigenvalue weighted by molar-refractivity contribution is 0.0931. The molecule has 0 radical (unpaired) electrons. The lowest BCUT2D eigenvalue weighted by Crippen LogP contribution is -2.34. The van der Waals surface area contributed by atoms with Crippen molar-refractivity contribution in [3.05, 3.63) is 71.3 Å². The molecule has 6 nitrogen and oxygen atoms in total. The van der Waals surface area contributed by atoms with Gasteiger partial charge in [0.15, 0.2) is 5.16 Å². The Bertz CT molecular complexity index is 1040. The van der Waals surface area contributed by atoms with Crippen LogP contribution in [0.1, 0.15) is 54.4 Å². The molecule has 1 atom stereocenters. The molecule has 1 aromatic carbocycles. The standard InChI is InChI=1S/C27H35N5OS/c1-21-7-5-10-24(28-21)19-31-15-12-23(13-16-31)26-29-30-27(32(26)20-25-11-6-17-33-25)34-18-14-22-8-3-2-4-9-22/h2-5,7-10,23,25H,6,11-20H2,1H3. The van der Waals surface area contributed by atoms with E-state index in [9.17, 15) is 0 Å². The number of likely N-dealkylation sites (tertiary alicyclic amines) is 1. The van der Waals surface area contributed by atoms with Gasteiger partial charge in [0.05, 0.1) is 18.3 Å². The normalized spacial score (nSPS) is 19.6. The van der Waals surface area contributed by atoms with Crippen LogP contribution in [0.3, 0.4) is 0 Å². The van der Waals surface area contributed by atoms with Crippen molar-refractivity contribution >= 4 is 11.8 Å². The van der Waals surface area contributed by atoms with Crippen LogP contribution < -0.4 is 0 Å². The smallest absolute Gasteiger partial charge is 0.191 e. The largest absolute Gasteiger partial charge is 0.376 e. The average Bonchev–Trinajstić information content (AvgIpc) is 3.51. The van der Waals surface area contributed by atoms with Crippen molar-refractivity contribution in [3.8, 4) is 0 Å². The van der Waals surface area contributed by atoms with E-state index < -0.39 is 0 Å². The van der Waals surface area contributed by atoms with Gasteiger partial charge in [-0.05, 0) is 69.8 Å². The number of nitrogens with zero attached hydrogens (tertiary/aromatic N) is 5. The second-order valence-corrected chi connectivity index (χ2v) is 10.6. The minimum Gasteiger partial charge on any atom is -0.376 e. The summed E-state index contributed by atoms with van der Waals surface area (Å²) in [5.74, 6) is 2.63. The van der Waals surface area contributed by atoms with Crippen molar-refractivity contribution in [2.24, 2.45) is 0 Å². The number of rotatable bonds is 9. The van der Waals surface area contributed by atoms with Crippen LogP contribution in [0.5, 0.6) is 0 Å². The summed E-state index contributed by atoms with van der Waals surface area (Å²) in [6.45, 7) is 6.89. The Morgan fingerprint density at radius 3 is 2.62 bits per heavy atom. The van der Waals surface area contributed by atoms with Crippen LogP contribution in [0.4, 0.5) is 0 Å². The first-order valence-electron chi connectivity index (χ1n) is 12.6. The Morgan fingerprint density at radius 1 is 1.00 bits per heavy atom. The maximum absolute atomic E-state index is 5.99. The number of hydrogen-bond donors (Lipinski definition) is 0. The summed E-state index contributed by atoms with van der Waals surface area (Å²) in [7, 11) is 0. The molecule has 2 aliphatic rings. The monoisotopic (exact) mass is 477 g/mol. The third kappa shape index (κ3) is 6.06. The fraction of sp³-hybridized carbons (Fsp3) is 0.519. The zero-order valence-electron chi connectivity index (χ0n) is 20.1. The number of aromatic nitrogens is 4. The van der Waals surface area contributed by atoms with Gasteiger partial charge in [0.1, 0.15) is 5.82 Å². The van der Waals surface area contributed by atoms with E-state index in [1.54, 1.807) is 0 Å². The topological polar surface area (TPSA) is 56.1 Å². The third-order valence-corrected chi connectivity index (χ3v) is 7.87. The van der Waals surface area contributed by atoms with Crippen LogP contribution in [0.25, 0.3) is 0 Å².